The number of furan rings is 1. The predicted molar refractivity (Wildman–Crippen MR) is 86.7 cm³/mol. The predicted octanol–water partition coefficient (Wildman–Crippen LogP) is 3.00. The van der Waals surface area contributed by atoms with Gasteiger partial charge in [0.15, 0.2) is 0 Å². The summed E-state index contributed by atoms with van der Waals surface area (Å²) in [6.45, 7) is 3.82. The van der Waals surface area contributed by atoms with Gasteiger partial charge in [-0.1, -0.05) is 0 Å². The molecule has 0 unspecified atom stereocenters. The van der Waals surface area contributed by atoms with Gasteiger partial charge in [0.25, 0.3) is 0 Å². The molecule has 2 aromatic heterocycles. The highest BCUT2D eigenvalue weighted by molar-refractivity contribution is 9.10. The molecular formula is C13H17BrN2O3S2. The summed E-state index contributed by atoms with van der Waals surface area (Å²) >= 11 is 4.87. The molecule has 21 heavy (non-hydrogen) atoms. The molecule has 0 radical (unpaired) electrons. The van der Waals surface area contributed by atoms with E-state index in [1.165, 1.54) is 15.6 Å². The Hall–Kier alpha value is -0.670. The van der Waals surface area contributed by atoms with Crippen molar-refractivity contribution in [1.29, 1.82) is 0 Å². The summed E-state index contributed by atoms with van der Waals surface area (Å²) < 4.78 is 33.2. The molecular weight excluding hydrogens is 376 g/mol. The van der Waals surface area contributed by atoms with Crippen LogP contribution in [0.3, 0.4) is 0 Å². The zero-order valence-electron chi connectivity index (χ0n) is 12.0. The van der Waals surface area contributed by atoms with E-state index in [-0.39, 0.29) is 11.4 Å². The first-order valence-corrected chi connectivity index (χ1v) is 9.36. The smallest absolute Gasteiger partial charge is 0.246 e. The fourth-order valence-corrected chi connectivity index (χ4v) is 5.33. The molecule has 0 fully saturated rings. The zero-order valence-corrected chi connectivity index (χ0v) is 15.2. The molecule has 0 aromatic carbocycles. The molecule has 0 spiro atoms. The SMILES string of the molecule is Cc1oc(C)c(S(=O)(=O)N(C)Cc2cc(Br)cs2)c1CN. The summed E-state index contributed by atoms with van der Waals surface area (Å²) in [6.07, 6.45) is 0. The first-order valence-electron chi connectivity index (χ1n) is 6.25. The van der Waals surface area contributed by atoms with Crippen molar-refractivity contribution in [3.8, 4) is 0 Å². The van der Waals surface area contributed by atoms with E-state index in [0.29, 0.717) is 23.6 Å². The van der Waals surface area contributed by atoms with Crippen molar-refractivity contribution in [1.82, 2.24) is 4.31 Å². The number of nitrogens with zero attached hydrogens (tertiary/aromatic N) is 1. The van der Waals surface area contributed by atoms with Crippen LogP contribution in [0.15, 0.2) is 25.2 Å². The van der Waals surface area contributed by atoms with Crippen LogP contribution in [-0.4, -0.2) is 19.8 Å². The lowest BCUT2D eigenvalue weighted by Gasteiger charge is -2.16. The van der Waals surface area contributed by atoms with Gasteiger partial charge in [-0.05, 0) is 35.8 Å². The molecule has 2 heterocycles. The second-order valence-electron chi connectivity index (χ2n) is 4.72. The van der Waals surface area contributed by atoms with Gasteiger partial charge in [-0.2, -0.15) is 4.31 Å². The van der Waals surface area contributed by atoms with E-state index in [0.717, 1.165) is 9.35 Å². The lowest BCUT2D eigenvalue weighted by Crippen LogP contribution is -2.27. The first kappa shape index (κ1) is 16.7. The van der Waals surface area contributed by atoms with Crippen LogP contribution in [0.25, 0.3) is 0 Å². The topological polar surface area (TPSA) is 76.5 Å². The molecule has 0 aliphatic heterocycles. The van der Waals surface area contributed by atoms with Crippen LogP contribution in [0, 0.1) is 13.8 Å². The molecule has 2 N–H and O–H groups in total. The Morgan fingerprint density at radius 2 is 2.05 bits per heavy atom. The van der Waals surface area contributed by atoms with Crippen molar-refractivity contribution < 1.29 is 12.8 Å². The Morgan fingerprint density at radius 1 is 1.38 bits per heavy atom. The summed E-state index contributed by atoms with van der Waals surface area (Å²) in [5.74, 6) is 0.938. The lowest BCUT2D eigenvalue weighted by atomic mass is 10.2. The van der Waals surface area contributed by atoms with Gasteiger partial charge in [0, 0.05) is 40.4 Å². The monoisotopic (exact) mass is 392 g/mol. The Morgan fingerprint density at radius 3 is 2.57 bits per heavy atom. The van der Waals surface area contributed by atoms with E-state index in [1.54, 1.807) is 20.9 Å². The highest BCUT2D eigenvalue weighted by Crippen LogP contribution is 2.30. The van der Waals surface area contributed by atoms with Crippen molar-refractivity contribution >= 4 is 37.3 Å². The number of hydrogen-bond donors (Lipinski definition) is 1. The van der Waals surface area contributed by atoms with E-state index in [4.69, 9.17) is 10.2 Å². The minimum atomic E-state index is -3.63. The molecule has 0 atom stereocenters. The molecule has 2 rings (SSSR count). The van der Waals surface area contributed by atoms with E-state index >= 15 is 0 Å². The number of nitrogens with two attached hydrogens (primary N) is 1. The van der Waals surface area contributed by atoms with Gasteiger partial charge < -0.3 is 10.2 Å². The number of rotatable bonds is 5. The number of thiophene rings is 1. The maximum Gasteiger partial charge on any atom is 0.246 e. The largest absolute Gasteiger partial charge is 0.465 e. The van der Waals surface area contributed by atoms with E-state index < -0.39 is 10.0 Å². The Balaban J connectivity index is 2.37. The Kier molecular flexibility index (Phi) is 4.94. The highest BCUT2D eigenvalue weighted by atomic mass is 79.9. The van der Waals surface area contributed by atoms with Crippen LogP contribution in [0.5, 0.6) is 0 Å². The molecule has 0 amide bonds. The van der Waals surface area contributed by atoms with Crippen LogP contribution in [0.4, 0.5) is 0 Å². The average molecular weight is 393 g/mol. The highest BCUT2D eigenvalue weighted by Gasteiger charge is 2.30. The van der Waals surface area contributed by atoms with Gasteiger partial charge in [0.2, 0.25) is 10.0 Å². The molecule has 0 saturated carbocycles. The van der Waals surface area contributed by atoms with E-state index in [1.807, 2.05) is 11.4 Å². The van der Waals surface area contributed by atoms with Gasteiger partial charge in [0.1, 0.15) is 16.4 Å². The summed E-state index contributed by atoms with van der Waals surface area (Å²) in [4.78, 5) is 1.15. The van der Waals surface area contributed by atoms with Crippen LogP contribution in [-0.2, 0) is 23.1 Å². The normalized spacial score (nSPS) is 12.3. The summed E-state index contributed by atoms with van der Waals surface area (Å²) in [5.41, 5.74) is 6.22. The third-order valence-corrected chi connectivity index (χ3v) is 6.88. The third-order valence-electron chi connectivity index (χ3n) is 3.20. The second kappa shape index (κ2) is 6.21. The quantitative estimate of drug-likeness (QED) is 0.847. The van der Waals surface area contributed by atoms with Crippen LogP contribution in [0.2, 0.25) is 0 Å². The molecule has 0 aliphatic carbocycles. The number of halogens is 1. The maximum absolute atomic E-state index is 12.8. The van der Waals surface area contributed by atoms with Crippen LogP contribution >= 0.6 is 27.3 Å². The molecule has 0 aliphatic rings. The summed E-state index contributed by atoms with van der Waals surface area (Å²) in [6, 6.07) is 1.91. The minimum absolute atomic E-state index is 0.135. The van der Waals surface area contributed by atoms with Gasteiger partial charge in [-0.25, -0.2) is 8.42 Å². The first-order chi connectivity index (χ1) is 9.77. The van der Waals surface area contributed by atoms with Gasteiger partial charge in [0.05, 0.1) is 0 Å². The van der Waals surface area contributed by atoms with Crippen molar-refractivity contribution in [2.24, 2.45) is 5.73 Å². The zero-order chi connectivity index (χ0) is 15.8. The lowest BCUT2D eigenvalue weighted by molar-refractivity contribution is 0.461. The Labute approximate surface area is 136 Å². The molecule has 2 aromatic rings. The average Bonchev–Trinajstić information content (AvgIpc) is 2.92. The van der Waals surface area contributed by atoms with Crippen molar-refractivity contribution in [3.63, 3.8) is 0 Å². The number of hydrogen-bond acceptors (Lipinski definition) is 5. The number of aryl methyl sites for hydroxylation is 2. The fraction of sp³-hybridized carbons (Fsp3) is 0.385. The number of sulfonamides is 1. The van der Waals surface area contributed by atoms with Gasteiger partial charge in [-0.3, -0.25) is 0 Å². The van der Waals surface area contributed by atoms with Crippen LogP contribution < -0.4 is 5.73 Å². The second-order valence-corrected chi connectivity index (χ2v) is 8.61. The summed E-state index contributed by atoms with van der Waals surface area (Å²) in [7, 11) is -2.07. The fourth-order valence-electron chi connectivity index (χ4n) is 2.18. The van der Waals surface area contributed by atoms with Crippen molar-refractivity contribution in [3.05, 3.63) is 37.9 Å². The van der Waals surface area contributed by atoms with Crippen molar-refractivity contribution in [2.45, 2.75) is 31.8 Å². The maximum atomic E-state index is 12.8. The standard InChI is InChI=1S/C13H17BrN2O3S2/c1-8-12(5-15)13(9(2)19-8)21(17,18)16(3)6-11-4-10(14)7-20-11/h4,7H,5-6,15H2,1-3H3. The van der Waals surface area contributed by atoms with E-state index in [2.05, 4.69) is 15.9 Å². The van der Waals surface area contributed by atoms with E-state index in [9.17, 15) is 8.42 Å². The molecule has 0 bridgehead atoms. The van der Waals surface area contributed by atoms with Gasteiger partial charge >= 0.3 is 0 Å². The molecule has 5 nitrogen and oxygen atoms in total. The summed E-state index contributed by atoms with van der Waals surface area (Å²) in [5, 5.41) is 1.92. The van der Waals surface area contributed by atoms with Crippen molar-refractivity contribution in [2.75, 3.05) is 7.05 Å². The Bertz CT molecular complexity index is 750. The molecule has 116 valence electrons. The minimum Gasteiger partial charge on any atom is -0.465 e. The van der Waals surface area contributed by atoms with Crippen LogP contribution in [0.1, 0.15) is 22.0 Å². The molecule has 8 heteroatoms. The molecule has 0 saturated heterocycles. The van der Waals surface area contributed by atoms with Gasteiger partial charge in [-0.15, -0.1) is 11.3 Å². The third kappa shape index (κ3) is 3.24.